The largest absolute Gasteiger partial charge is 0.481 e. The third-order valence-corrected chi connectivity index (χ3v) is 7.05. The maximum atomic E-state index is 10.5. The topological polar surface area (TPSA) is 57.5 Å². The summed E-state index contributed by atoms with van der Waals surface area (Å²) in [6, 6.07) is 0. The summed E-state index contributed by atoms with van der Waals surface area (Å²) in [6.07, 6.45) is 34.5. The number of aliphatic carboxylic acids is 1. The lowest BCUT2D eigenvalue weighted by molar-refractivity contribution is -0.139. The van der Waals surface area contributed by atoms with E-state index in [4.69, 9.17) is 5.11 Å². The van der Waals surface area contributed by atoms with Gasteiger partial charge in [0.2, 0.25) is 0 Å². The van der Waals surface area contributed by atoms with E-state index < -0.39 is 12.1 Å². The first-order valence-electron chi connectivity index (χ1n) is 15.1. The second-order valence-corrected chi connectivity index (χ2v) is 10.5. The van der Waals surface area contributed by atoms with Crippen LogP contribution in [-0.2, 0) is 4.79 Å². The molecule has 0 aromatic carbocycles. The van der Waals surface area contributed by atoms with Crippen LogP contribution in [0.1, 0.15) is 180 Å². The van der Waals surface area contributed by atoms with Gasteiger partial charge in [-0.3, -0.25) is 4.79 Å². The fraction of sp³-hybridized carbons (Fsp3) is 0.967. The fourth-order valence-corrected chi connectivity index (χ4v) is 4.82. The summed E-state index contributed by atoms with van der Waals surface area (Å²) in [7, 11) is 0. The molecular formula is C30H60O3. The van der Waals surface area contributed by atoms with Gasteiger partial charge in [-0.2, -0.15) is 0 Å². The SMILES string of the molecule is CCCCCCCCCCCCCCCCCCCCCCCCCCCC(O)CC(=O)O. The van der Waals surface area contributed by atoms with E-state index in [1.807, 2.05) is 0 Å². The first-order chi connectivity index (χ1) is 16.2. The molecule has 1 unspecified atom stereocenters. The fourth-order valence-electron chi connectivity index (χ4n) is 4.82. The highest BCUT2D eigenvalue weighted by Gasteiger charge is 2.08. The van der Waals surface area contributed by atoms with Crippen LogP contribution in [0.4, 0.5) is 0 Å². The summed E-state index contributed by atoms with van der Waals surface area (Å²) < 4.78 is 0. The summed E-state index contributed by atoms with van der Waals surface area (Å²) in [6.45, 7) is 2.29. The number of rotatable bonds is 28. The van der Waals surface area contributed by atoms with E-state index in [0.29, 0.717) is 6.42 Å². The molecular weight excluding hydrogens is 408 g/mol. The van der Waals surface area contributed by atoms with Gasteiger partial charge in [-0.25, -0.2) is 0 Å². The van der Waals surface area contributed by atoms with Crippen LogP contribution >= 0.6 is 0 Å². The average molecular weight is 469 g/mol. The summed E-state index contributed by atoms with van der Waals surface area (Å²) in [5, 5.41) is 18.1. The lowest BCUT2D eigenvalue weighted by atomic mass is 10.0. The molecule has 33 heavy (non-hydrogen) atoms. The van der Waals surface area contributed by atoms with E-state index in [1.54, 1.807) is 0 Å². The van der Waals surface area contributed by atoms with Gasteiger partial charge in [0.1, 0.15) is 0 Å². The smallest absolute Gasteiger partial charge is 0.305 e. The molecule has 0 aliphatic rings. The summed E-state index contributed by atoms with van der Waals surface area (Å²) in [5.41, 5.74) is 0. The Balaban J connectivity index is 3.06. The van der Waals surface area contributed by atoms with Crippen molar-refractivity contribution in [2.75, 3.05) is 0 Å². The quantitative estimate of drug-likeness (QED) is 0.112. The highest BCUT2D eigenvalue weighted by molar-refractivity contribution is 5.67. The monoisotopic (exact) mass is 468 g/mol. The van der Waals surface area contributed by atoms with Crippen LogP contribution in [0.5, 0.6) is 0 Å². The number of carboxylic acids is 1. The zero-order valence-corrected chi connectivity index (χ0v) is 22.5. The number of carboxylic acid groups (broad SMARTS) is 1. The Labute approximate surface area is 207 Å². The molecule has 0 fully saturated rings. The van der Waals surface area contributed by atoms with Gasteiger partial charge in [-0.05, 0) is 6.42 Å². The minimum Gasteiger partial charge on any atom is -0.481 e. The van der Waals surface area contributed by atoms with Gasteiger partial charge < -0.3 is 10.2 Å². The molecule has 1 atom stereocenters. The molecule has 0 rings (SSSR count). The molecule has 0 aromatic rings. The van der Waals surface area contributed by atoms with Gasteiger partial charge in [0, 0.05) is 0 Å². The van der Waals surface area contributed by atoms with Crippen molar-refractivity contribution in [2.24, 2.45) is 0 Å². The Morgan fingerprint density at radius 1 is 0.485 bits per heavy atom. The van der Waals surface area contributed by atoms with E-state index in [-0.39, 0.29) is 6.42 Å². The normalized spacial score (nSPS) is 12.3. The maximum absolute atomic E-state index is 10.5. The highest BCUT2D eigenvalue weighted by Crippen LogP contribution is 2.16. The van der Waals surface area contributed by atoms with Crippen molar-refractivity contribution < 1.29 is 15.0 Å². The molecule has 0 radical (unpaired) electrons. The summed E-state index contributed by atoms with van der Waals surface area (Å²) in [4.78, 5) is 10.5. The standard InChI is InChI=1S/C30H60O3/c1-2-3-4-5-6-7-8-9-10-11-12-13-14-15-16-17-18-19-20-21-22-23-24-25-26-27-29(31)28-30(32)33/h29,31H,2-28H2,1H3,(H,32,33). The van der Waals surface area contributed by atoms with Crippen molar-refractivity contribution in [2.45, 2.75) is 186 Å². The zero-order chi connectivity index (χ0) is 24.2. The van der Waals surface area contributed by atoms with Crippen LogP contribution in [0.3, 0.4) is 0 Å². The first-order valence-corrected chi connectivity index (χ1v) is 15.1. The van der Waals surface area contributed by atoms with Crippen molar-refractivity contribution in [3.8, 4) is 0 Å². The van der Waals surface area contributed by atoms with Gasteiger partial charge in [0.25, 0.3) is 0 Å². The third kappa shape index (κ3) is 29.4. The predicted octanol–water partition coefficient (Wildman–Crippen LogP) is 9.98. The Morgan fingerprint density at radius 2 is 0.727 bits per heavy atom. The molecule has 0 aliphatic heterocycles. The minimum absolute atomic E-state index is 0.112. The average Bonchev–Trinajstić information content (AvgIpc) is 2.78. The van der Waals surface area contributed by atoms with Gasteiger partial charge in [0.05, 0.1) is 12.5 Å². The van der Waals surface area contributed by atoms with Crippen molar-refractivity contribution in [1.29, 1.82) is 0 Å². The maximum Gasteiger partial charge on any atom is 0.305 e. The molecule has 2 N–H and O–H groups in total. The lowest BCUT2D eigenvalue weighted by Gasteiger charge is -2.07. The van der Waals surface area contributed by atoms with Gasteiger partial charge in [-0.15, -0.1) is 0 Å². The molecule has 198 valence electrons. The molecule has 0 aromatic heterocycles. The van der Waals surface area contributed by atoms with E-state index in [1.165, 1.54) is 148 Å². The van der Waals surface area contributed by atoms with Crippen LogP contribution in [-0.4, -0.2) is 22.3 Å². The summed E-state index contributed by atoms with van der Waals surface area (Å²) >= 11 is 0. The van der Waals surface area contributed by atoms with Crippen LogP contribution in [0, 0.1) is 0 Å². The molecule has 3 heteroatoms. The second-order valence-electron chi connectivity index (χ2n) is 10.5. The lowest BCUT2D eigenvalue weighted by Crippen LogP contribution is -2.12. The molecule has 0 saturated carbocycles. The number of hydrogen-bond acceptors (Lipinski definition) is 2. The van der Waals surface area contributed by atoms with Gasteiger partial charge in [-0.1, -0.05) is 167 Å². The number of carbonyl (C=O) groups is 1. The van der Waals surface area contributed by atoms with Crippen molar-refractivity contribution >= 4 is 5.97 Å². The predicted molar refractivity (Wildman–Crippen MR) is 144 cm³/mol. The van der Waals surface area contributed by atoms with Crippen molar-refractivity contribution in [3.05, 3.63) is 0 Å². The van der Waals surface area contributed by atoms with Crippen molar-refractivity contribution in [3.63, 3.8) is 0 Å². The Morgan fingerprint density at radius 3 is 0.970 bits per heavy atom. The van der Waals surface area contributed by atoms with E-state index in [0.717, 1.165) is 12.8 Å². The Bertz CT molecular complexity index is 383. The molecule has 0 saturated heterocycles. The van der Waals surface area contributed by atoms with Crippen molar-refractivity contribution in [1.82, 2.24) is 0 Å². The van der Waals surface area contributed by atoms with Crippen LogP contribution in [0.2, 0.25) is 0 Å². The Kier molecular flexibility index (Phi) is 27.2. The van der Waals surface area contributed by atoms with E-state index >= 15 is 0 Å². The minimum atomic E-state index is -0.901. The van der Waals surface area contributed by atoms with Crippen LogP contribution in [0.25, 0.3) is 0 Å². The van der Waals surface area contributed by atoms with Crippen LogP contribution < -0.4 is 0 Å². The number of hydrogen-bond donors (Lipinski definition) is 2. The van der Waals surface area contributed by atoms with Gasteiger partial charge in [0.15, 0.2) is 0 Å². The molecule has 3 nitrogen and oxygen atoms in total. The molecule has 0 aliphatic carbocycles. The second kappa shape index (κ2) is 27.7. The van der Waals surface area contributed by atoms with Gasteiger partial charge >= 0.3 is 5.97 Å². The number of unbranched alkanes of at least 4 members (excludes halogenated alkanes) is 24. The first kappa shape index (κ1) is 32.4. The number of aliphatic hydroxyl groups excluding tert-OH is 1. The zero-order valence-electron chi connectivity index (χ0n) is 22.5. The molecule has 0 amide bonds. The highest BCUT2D eigenvalue weighted by atomic mass is 16.4. The van der Waals surface area contributed by atoms with E-state index in [2.05, 4.69) is 6.92 Å². The molecule has 0 bridgehead atoms. The molecule has 0 heterocycles. The molecule has 0 spiro atoms. The van der Waals surface area contributed by atoms with Crippen LogP contribution in [0.15, 0.2) is 0 Å². The third-order valence-electron chi connectivity index (χ3n) is 7.05. The number of aliphatic hydroxyl groups is 1. The summed E-state index contributed by atoms with van der Waals surface area (Å²) in [5.74, 6) is -0.901. The Hall–Kier alpha value is -0.570. The van der Waals surface area contributed by atoms with E-state index in [9.17, 15) is 9.90 Å².